The number of rotatable bonds is 1. The molecule has 0 aromatic carbocycles. The van der Waals surface area contributed by atoms with Crippen LogP contribution in [0.5, 0.6) is 0 Å². The SMILES string of the molecule is [B]=S(C)C=C. The molecule has 0 amide bonds. The predicted octanol–water partition coefficient (Wildman–Crippen LogP) is 1.11. The summed E-state index contributed by atoms with van der Waals surface area (Å²) in [7, 11) is -0.0586. The van der Waals surface area contributed by atoms with E-state index in [2.05, 4.69) is 6.58 Å². The van der Waals surface area contributed by atoms with Crippen molar-refractivity contribution >= 4 is 17.0 Å². The summed E-state index contributed by atoms with van der Waals surface area (Å²) in [6, 6.07) is 0. The second-order valence-corrected chi connectivity index (χ2v) is 2.32. The molecule has 0 spiro atoms. The average molecular weight is 85.0 g/mol. The first kappa shape index (κ1) is 5.15. The van der Waals surface area contributed by atoms with Crippen molar-refractivity contribution in [2.24, 2.45) is 0 Å². The third kappa shape index (κ3) is 4.15. The monoisotopic (exact) mass is 85.0 g/mol. The molecule has 0 saturated heterocycles. The molecular weight excluding hydrogens is 78.9 g/mol. The van der Waals surface area contributed by atoms with Gasteiger partial charge in [-0.2, -0.15) is 0 Å². The van der Waals surface area contributed by atoms with E-state index in [0.717, 1.165) is 0 Å². The second kappa shape index (κ2) is 2.40. The van der Waals surface area contributed by atoms with Gasteiger partial charge in [0.1, 0.15) is 0 Å². The van der Waals surface area contributed by atoms with E-state index in [1.54, 1.807) is 5.41 Å². The third-order valence-corrected chi connectivity index (χ3v) is 0.789. The maximum atomic E-state index is 5.20. The van der Waals surface area contributed by atoms with Crippen LogP contribution in [0.2, 0.25) is 0 Å². The van der Waals surface area contributed by atoms with Crippen molar-refractivity contribution in [2.75, 3.05) is 6.26 Å². The number of hydrogen-bond acceptors (Lipinski definition) is 0. The van der Waals surface area contributed by atoms with Gasteiger partial charge in [0.05, 0.1) is 0 Å². The molecule has 1 unspecified atom stereocenters. The van der Waals surface area contributed by atoms with Gasteiger partial charge in [0, 0.05) is 0 Å². The number of hydrogen-bond donors (Lipinski definition) is 0. The van der Waals surface area contributed by atoms with Crippen LogP contribution >= 0.6 is 10.3 Å². The molecule has 0 aromatic heterocycles. The van der Waals surface area contributed by atoms with E-state index in [1.807, 2.05) is 6.26 Å². The van der Waals surface area contributed by atoms with Crippen molar-refractivity contribution in [2.45, 2.75) is 0 Å². The van der Waals surface area contributed by atoms with E-state index in [0.29, 0.717) is 0 Å². The van der Waals surface area contributed by atoms with Crippen LogP contribution in [0.1, 0.15) is 0 Å². The van der Waals surface area contributed by atoms with Gasteiger partial charge in [0.2, 0.25) is 0 Å². The van der Waals surface area contributed by atoms with E-state index < -0.39 is 0 Å². The van der Waals surface area contributed by atoms with Crippen LogP contribution in [0.3, 0.4) is 0 Å². The Kier molecular flexibility index (Phi) is 2.47. The van der Waals surface area contributed by atoms with Crippen LogP contribution in [-0.2, 0) is 0 Å². The van der Waals surface area contributed by atoms with Gasteiger partial charge in [-0.1, -0.05) is 0 Å². The first-order valence-corrected chi connectivity index (χ1v) is 3.05. The Morgan fingerprint density at radius 3 is 2.20 bits per heavy atom. The van der Waals surface area contributed by atoms with Crippen LogP contribution in [0.4, 0.5) is 0 Å². The molecule has 5 heavy (non-hydrogen) atoms. The van der Waals surface area contributed by atoms with Crippen LogP contribution in [0, 0.1) is 0 Å². The van der Waals surface area contributed by atoms with E-state index >= 15 is 0 Å². The Bertz CT molecular complexity index is 57.9. The molecule has 27 valence electrons. The van der Waals surface area contributed by atoms with Gasteiger partial charge >= 0.3 is 35.3 Å². The Labute approximate surface area is 36.1 Å². The zero-order valence-corrected chi connectivity index (χ0v) is 4.09. The van der Waals surface area contributed by atoms with E-state index in [1.165, 1.54) is 0 Å². The van der Waals surface area contributed by atoms with E-state index in [4.69, 9.17) is 6.72 Å². The molecule has 0 aliphatic rings. The first-order chi connectivity index (χ1) is 2.27. The van der Waals surface area contributed by atoms with Crippen molar-refractivity contribution < 1.29 is 0 Å². The molecule has 0 aliphatic heterocycles. The zero-order chi connectivity index (χ0) is 4.28. The third-order valence-electron chi connectivity index (χ3n) is 0.263. The summed E-state index contributed by atoms with van der Waals surface area (Å²) < 4.78 is 0. The van der Waals surface area contributed by atoms with Crippen molar-refractivity contribution in [3.63, 3.8) is 0 Å². The quantitative estimate of drug-likeness (QED) is 0.418. The summed E-state index contributed by atoms with van der Waals surface area (Å²) in [5, 5.41) is 1.72. The normalized spacial score (nSPS) is 13.6. The zero-order valence-electron chi connectivity index (χ0n) is 3.27. The van der Waals surface area contributed by atoms with Crippen molar-refractivity contribution in [1.82, 2.24) is 0 Å². The Morgan fingerprint density at radius 2 is 2.20 bits per heavy atom. The summed E-state index contributed by atoms with van der Waals surface area (Å²) in [5.41, 5.74) is 0. The van der Waals surface area contributed by atoms with Gasteiger partial charge in [0.25, 0.3) is 0 Å². The Balaban J connectivity index is 3.20. The minimum absolute atomic E-state index is 0.0586. The van der Waals surface area contributed by atoms with Crippen molar-refractivity contribution in [3.05, 3.63) is 12.0 Å². The van der Waals surface area contributed by atoms with E-state index in [9.17, 15) is 0 Å². The second-order valence-electron chi connectivity index (χ2n) is 0.774. The van der Waals surface area contributed by atoms with Gasteiger partial charge in [0.15, 0.2) is 0 Å². The average Bonchev–Trinajstić information content (AvgIpc) is 1.38. The standard InChI is InChI=1S/C3H6BS/c1-3-5(2)4/h3H,1H2,2H3. The molecule has 1 atom stereocenters. The van der Waals surface area contributed by atoms with Crippen LogP contribution in [0.25, 0.3) is 0 Å². The topological polar surface area (TPSA) is 0 Å². The first-order valence-electron chi connectivity index (χ1n) is 1.29. The Hall–Kier alpha value is 0.155. The van der Waals surface area contributed by atoms with Crippen LogP contribution < -0.4 is 0 Å². The summed E-state index contributed by atoms with van der Waals surface area (Å²) in [5.74, 6) is 0. The van der Waals surface area contributed by atoms with Gasteiger partial charge in [-0.3, -0.25) is 0 Å². The fraction of sp³-hybridized carbons (Fsp3) is 0.333. The molecule has 0 rings (SSSR count). The van der Waals surface area contributed by atoms with Gasteiger partial charge in [-0.05, 0) is 0 Å². The van der Waals surface area contributed by atoms with Gasteiger partial charge in [-0.15, -0.1) is 0 Å². The summed E-state index contributed by atoms with van der Waals surface area (Å²) in [6.45, 7) is 8.65. The molecule has 1 radical (unpaired) electrons. The van der Waals surface area contributed by atoms with E-state index in [-0.39, 0.29) is 10.3 Å². The van der Waals surface area contributed by atoms with Crippen molar-refractivity contribution in [3.8, 4) is 0 Å². The molecule has 0 saturated carbocycles. The molecule has 0 aliphatic carbocycles. The fourth-order valence-electron chi connectivity index (χ4n) is 0. The van der Waals surface area contributed by atoms with Crippen molar-refractivity contribution in [1.29, 1.82) is 0 Å². The summed E-state index contributed by atoms with van der Waals surface area (Å²) >= 11 is 0. The molecular formula is C3H6BS. The molecule has 0 bridgehead atoms. The van der Waals surface area contributed by atoms with Crippen LogP contribution in [-0.4, -0.2) is 13.0 Å². The maximum absolute atomic E-state index is 5.20. The summed E-state index contributed by atoms with van der Waals surface area (Å²) in [6.07, 6.45) is 1.91. The molecule has 2 heteroatoms. The Morgan fingerprint density at radius 1 is 2.00 bits per heavy atom. The molecule has 0 N–H and O–H groups in total. The van der Waals surface area contributed by atoms with Gasteiger partial charge in [-0.25, -0.2) is 0 Å². The molecule has 0 nitrogen and oxygen atoms in total. The van der Waals surface area contributed by atoms with Gasteiger partial charge < -0.3 is 0 Å². The fourth-order valence-corrected chi connectivity index (χ4v) is 0. The summed E-state index contributed by atoms with van der Waals surface area (Å²) in [4.78, 5) is 0. The minimum atomic E-state index is -0.0586. The van der Waals surface area contributed by atoms with Crippen LogP contribution in [0.15, 0.2) is 12.0 Å². The molecule has 0 heterocycles. The predicted molar refractivity (Wildman–Crippen MR) is 29.5 cm³/mol. The molecule has 0 fully saturated rings. The molecule has 0 aromatic rings.